The first-order valence-electron chi connectivity index (χ1n) is 1.46. The summed E-state index contributed by atoms with van der Waals surface area (Å²) in [4.78, 5) is 51.3. The molecule has 0 fully saturated rings. The molecule has 0 aliphatic carbocycles. The van der Waals surface area contributed by atoms with Crippen molar-refractivity contribution < 1.29 is 129 Å². The number of phosphoric acid groups is 2. The third-order valence-electron chi connectivity index (χ3n) is 0. The molecular formula is HMgNa3O8P2. The maximum atomic E-state index is 8.55. The molecule has 0 saturated heterocycles. The Morgan fingerprint density at radius 1 is 0.643 bits per heavy atom. The summed E-state index contributed by atoms with van der Waals surface area (Å²) < 4.78 is 17.1. The average molecular weight is 284 g/mol. The molecule has 64 valence electrons. The van der Waals surface area contributed by atoms with Gasteiger partial charge in [-0.3, -0.25) is 0 Å². The van der Waals surface area contributed by atoms with E-state index in [2.05, 4.69) is 0 Å². The van der Waals surface area contributed by atoms with Crippen molar-refractivity contribution in [2.45, 2.75) is 0 Å². The molecule has 14 heteroatoms. The number of rotatable bonds is 0. The molecule has 0 heterocycles. The SMILES string of the molecule is O=P([O-])([O-])[O-].O=P([O-])([O-])[O-].[H+].[Mg+2].[Na+].[Na+].[Na+]. The second kappa shape index (κ2) is 17.0. The van der Waals surface area contributed by atoms with Crippen molar-refractivity contribution in [1.82, 2.24) is 0 Å². The van der Waals surface area contributed by atoms with E-state index in [0.717, 1.165) is 0 Å². The standard InChI is InChI=1S/Mg.3Na.2H3O4P/c;;;;2*1-5(2,3)4/h;;;;2*(H3,1,2,3,4)/q+2;3*+1;;/p-5. The van der Waals surface area contributed by atoms with Gasteiger partial charge < -0.3 is 38.5 Å². The van der Waals surface area contributed by atoms with Gasteiger partial charge in [-0.1, -0.05) is 0 Å². The summed E-state index contributed by atoms with van der Waals surface area (Å²) in [6, 6.07) is 0. The van der Waals surface area contributed by atoms with Crippen LogP contribution in [-0.4, -0.2) is 23.1 Å². The summed E-state index contributed by atoms with van der Waals surface area (Å²) in [6.45, 7) is 0. The third kappa shape index (κ3) is 226. The normalized spacial score (nSPS) is 8.43. The van der Waals surface area contributed by atoms with Crippen molar-refractivity contribution in [2.75, 3.05) is 0 Å². The molecule has 0 spiro atoms. The molecule has 0 saturated carbocycles. The summed E-state index contributed by atoms with van der Waals surface area (Å²) in [7, 11) is -10.8. The zero-order valence-electron chi connectivity index (χ0n) is 8.87. The number of hydrogen-bond acceptors (Lipinski definition) is 8. The van der Waals surface area contributed by atoms with E-state index in [-0.39, 0.29) is 113 Å². The van der Waals surface area contributed by atoms with Crippen LogP contribution in [0, 0.1) is 0 Å². The van der Waals surface area contributed by atoms with Crippen LogP contribution in [0.2, 0.25) is 0 Å². The molecule has 0 aromatic heterocycles. The molecule has 8 nitrogen and oxygen atoms in total. The minimum atomic E-state index is -5.39. The summed E-state index contributed by atoms with van der Waals surface area (Å²) in [5, 5.41) is 0. The fourth-order valence-corrected chi connectivity index (χ4v) is 0. The number of hydrogen-bond donors (Lipinski definition) is 0. The Balaban J connectivity index is -0.0000000128. The van der Waals surface area contributed by atoms with Crippen LogP contribution in [0.25, 0.3) is 0 Å². The monoisotopic (exact) mass is 284 g/mol. The molecule has 0 aromatic carbocycles. The molecular weight excluding hydrogens is 283 g/mol. The summed E-state index contributed by atoms with van der Waals surface area (Å²) in [5.41, 5.74) is 0. The largest absolute Gasteiger partial charge is 2.00 e. The second-order valence-corrected chi connectivity index (χ2v) is 2.68. The van der Waals surface area contributed by atoms with Gasteiger partial charge in [0, 0.05) is 0 Å². The minimum Gasteiger partial charge on any atom is -0.822 e. The van der Waals surface area contributed by atoms with E-state index in [4.69, 9.17) is 38.5 Å². The van der Waals surface area contributed by atoms with Gasteiger partial charge in [-0.05, 0) is 0 Å². The van der Waals surface area contributed by atoms with Crippen LogP contribution in [0.15, 0.2) is 0 Å². The Morgan fingerprint density at radius 3 is 0.643 bits per heavy atom. The minimum absolute atomic E-state index is 0. The third-order valence-corrected chi connectivity index (χ3v) is 0. The van der Waals surface area contributed by atoms with E-state index < -0.39 is 15.6 Å². The van der Waals surface area contributed by atoms with Gasteiger partial charge in [0.2, 0.25) is 0 Å². The molecule has 0 aromatic rings. The molecule has 0 amide bonds. The van der Waals surface area contributed by atoms with Gasteiger partial charge in [0.15, 0.2) is 0 Å². The summed E-state index contributed by atoms with van der Waals surface area (Å²) in [5.74, 6) is 0. The van der Waals surface area contributed by atoms with Crippen molar-refractivity contribution in [3.63, 3.8) is 0 Å². The van der Waals surface area contributed by atoms with E-state index in [1.807, 2.05) is 0 Å². The van der Waals surface area contributed by atoms with E-state index >= 15 is 0 Å². The smallest absolute Gasteiger partial charge is 0.822 e. The van der Waals surface area contributed by atoms with Crippen molar-refractivity contribution in [1.29, 1.82) is 0 Å². The molecule has 0 bridgehead atoms. The maximum Gasteiger partial charge on any atom is 2.00 e. The molecule has 0 aliphatic rings. The predicted octanol–water partition coefficient (Wildman–Crippen LogP) is -14.9. The molecule has 14 heavy (non-hydrogen) atoms. The quantitative estimate of drug-likeness (QED) is 0.311. The van der Waals surface area contributed by atoms with Crippen LogP contribution in [0.4, 0.5) is 0 Å². The van der Waals surface area contributed by atoms with Crippen LogP contribution in [-0.2, 0) is 9.13 Å². The topological polar surface area (TPSA) is 172 Å². The Hall–Kier alpha value is 3.99. The van der Waals surface area contributed by atoms with Crippen molar-refractivity contribution >= 4 is 38.7 Å². The molecule has 0 radical (unpaired) electrons. The van der Waals surface area contributed by atoms with Gasteiger partial charge in [0.05, 0.1) is 0 Å². The van der Waals surface area contributed by atoms with Crippen LogP contribution in [0.1, 0.15) is 1.43 Å². The Morgan fingerprint density at radius 2 is 0.643 bits per heavy atom. The second-order valence-electron chi connectivity index (χ2n) is 0.894. The average Bonchev–Trinajstić information content (AvgIpc) is 1.12. The fraction of sp³-hybridized carbons (Fsp3) is 0. The van der Waals surface area contributed by atoms with Crippen LogP contribution in [0.5, 0.6) is 0 Å². The Labute approximate surface area is 164 Å². The first kappa shape index (κ1) is 36.1. The fourth-order valence-electron chi connectivity index (χ4n) is 0. The Kier molecular flexibility index (Phi) is 43.8. The zero-order valence-corrected chi connectivity index (χ0v) is 17.1. The van der Waals surface area contributed by atoms with E-state index in [1.54, 1.807) is 0 Å². The van der Waals surface area contributed by atoms with Crippen LogP contribution in [0.3, 0.4) is 0 Å². The van der Waals surface area contributed by atoms with Crippen molar-refractivity contribution in [3.8, 4) is 0 Å². The van der Waals surface area contributed by atoms with Gasteiger partial charge in [-0.25, -0.2) is 0 Å². The van der Waals surface area contributed by atoms with Gasteiger partial charge in [-0.15, -0.1) is 0 Å². The molecule has 0 unspecified atom stereocenters. The van der Waals surface area contributed by atoms with E-state index in [0.29, 0.717) is 0 Å². The van der Waals surface area contributed by atoms with Crippen LogP contribution >= 0.6 is 15.6 Å². The predicted molar refractivity (Wildman–Crippen MR) is 22.1 cm³/mol. The molecule has 0 atom stereocenters. The van der Waals surface area contributed by atoms with Crippen LogP contribution < -0.4 is 118 Å². The maximum absolute atomic E-state index is 8.55. The first-order valence-corrected chi connectivity index (χ1v) is 4.38. The first-order chi connectivity index (χ1) is 4.00. The molecule has 0 aliphatic heterocycles. The van der Waals surface area contributed by atoms with E-state index in [1.165, 1.54) is 0 Å². The van der Waals surface area contributed by atoms with Gasteiger partial charge in [0.1, 0.15) is 0 Å². The van der Waals surface area contributed by atoms with E-state index in [9.17, 15) is 0 Å². The van der Waals surface area contributed by atoms with Crippen molar-refractivity contribution in [3.05, 3.63) is 0 Å². The molecule has 0 rings (SSSR count). The zero-order chi connectivity index (χ0) is 9.00. The van der Waals surface area contributed by atoms with Crippen molar-refractivity contribution in [2.24, 2.45) is 0 Å². The molecule has 0 N–H and O–H groups in total. The van der Waals surface area contributed by atoms with Gasteiger partial charge in [-0.2, -0.15) is 15.6 Å². The Bertz CT molecular complexity index is 140. The summed E-state index contributed by atoms with van der Waals surface area (Å²) in [6.07, 6.45) is 0. The van der Waals surface area contributed by atoms with Gasteiger partial charge >= 0.3 is 113 Å². The van der Waals surface area contributed by atoms with Gasteiger partial charge in [0.25, 0.3) is 0 Å². The summed E-state index contributed by atoms with van der Waals surface area (Å²) >= 11 is 0.